The van der Waals surface area contributed by atoms with Crippen molar-refractivity contribution in [3.8, 4) is 0 Å². The summed E-state index contributed by atoms with van der Waals surface area (Å²) in [5.41, 5.74) is 11.4. The number of nitrogens with zero attached hydrogens (tertiary/aromatic N) is 4. The number of nitrogens with one attached hydrogen (secondary N) is 1. The Morgan fingerprint density at radius 3 is 2.23 bits per heavy atom. The van der Waals surface area contributed by atoms with Gasteiger partial charge in [0, 0.05) is 13.1 Å². The van der Waals surface area contributed by atoms with E-state index >= 15 is 0 Å². The third-order valence-corrected chi connectivity index (χ3v) is 10.8. The molecule has 2 fully saturated rings. The molecule has 270 valence electrons. The van der Waals surface area contributed by atoms with Crippen LogP contribution in [0.15, 0.2) is 18.5 Å². The lowest BCUT2D eigenvalue weighted by molar-refractivity contribution is -0.125. The van der Waals surface area contributed by atoms with E-state index in [1.165, 1.54) is 9.80 Å². The molecule has 12 N–H and O–H groups in total. The third kappa shape index (κ3) is 8.40. The number of aliphatic hydroxyl groups excluding tert-OH is 3. The molecule has 1 aromatic heterocycles. The summed E-state index contributed by atoms with van der Waals surface area (Å²) in [5.74, 6) is -1.17. The van der Waals surface area contributed by atoms with E-state index in [-0.39, 0.29) is 37.1 Å². The van der Waals surface area contributed by atoms with Crippen molar-refractivity contribution in [1.29, 1.82) is 0 Å². The van der Waals surface area contributed by atoms with Gasteiger partial charge in [-0.1, -0.05) is 12.2 Å². The molecule has 0 aliphatic carbocycles. The van der Waals surface area contributed by atoms with Crippen LogP contribution in [0, 0.1) is 5.92 Å². The number of anilines is 3. The number of phosphoric acid groups is 3. The average molecular weight is 749 g/mol. The fourth-order valence-electron chi connectivity index (χ4n) is 5.43. The van der Waals surface area contributed by atoms with Gasteiger partial charge in [0.25, 0.3) is 0 Å². The van der Waals surface area contributed by atoms with Crippen LogP contribution in [0.4, 0.5) is 17.3 Å². The maximum atomic E-state index is 12.6. The minimum atomic E-state index is -5.50. The molecule has 0 saturated carbocycles. The smallest absolute Gasteiger partial charge is 0.387 e. The second-order valence-electron chi connectivity index (χ2n) is 10.9. The molecule has 2 unspecified atom stereocenters. The summed E-state index contributed by atoms with van der Waals surface area (Å²) in [6.45, 7) is -1.79. The van der Waals surface area contributed by atoms with Crippen molar-refractivity contribution in [3.05, 3.63) is 18.5 Å². The van der Waals surface area contributed by atoms with Crippen molar-refractivity contribution >= 4 is 46.7 Å². The van der Waals surface area contributed by atoms with Gasteiger partial charge >= 0.3 is 23.5 Å². The number of aromatic nitrogens is 2. The molecule has 2 saturated heterocycles. The fraction of sp³-hybridized carbons (Fsp3) is 0.667. The first-order valence-corrected chi connectivity index (χ1v) is 18.4. The van der Waals surface area contributed by atoms with Crippen LogP contribution >= 0.6 is 23.5 Å². The first-order valence-electron chi connectivity index (χ1n) is 13.9. The normalized spacial score (nSPS) is 34.8. The van der Waals surface area contributed by atoms with Crippen LogP contribution in [0.3, 0.4) is 0 Å². The van der Waals surface area contributed by atoms with Gasteiger partial charge in [0.1, 0.15) is 54.9 Å². The molecule has 48 heavy (non-hydrogen) atoms. The number of nitrogens with two attached hydrogens (primary N) is 2. The highest BCUT2D eigenvalue weighted by atomic mass is 31.3. The van der Waals surface area contributed by atoms with E-state index < -0.39 is 97.6 Å². The molecular weight excluding hydrogens is 715 g/mol. The number of amides is 1. The van der Waals surface area contributed by atoms with Gasteiger partial charge in [0.2, 0.25) is 5.91 Å². The molecule has 1 aromatic rings. The maximum absolute atomic E-state index is 12.6. The average Bonchev–Trinajstić information content (AvgIpc) is 3.64. The Labute approximate surface area is 270 Å². The second-order valence-corrected chi connectivity index (χ2v) is 15.2. The van der Waals surface area contributed by atoms with Crippen LogP contribution in [-0.4, -0.2) is 138 Å². The van der Waals surface area contributed by atoms with Crippen LogP contribution in [0.1, 0.15) is 0 Å². The molecule has 0 radical (unpaired) electrons. The minimum Gasteiger partial charge on any atom is -0.387 e. The number of aliphatic hydroxyl groups is 3. The number of primary amides is 1. The van der Waals surface area contributed by atoms with Crippen molar-refractivity contribution < 1.29 is 80.7 Å². The predicted octanol–water partition coefficient (Wildman–Crippen LogP) is -3.52. The Balaban J connectivity index is 1.17. The van der Waals surface area contributed by atoms with Gasteiger partial charge < -0.3 is 66.1 Å². The number of carbonyl (C=O) groups is 1. The molecule has 0 aromatic carbocycles. The molecular formula is C21H34N7O17P3. The van der Waals surface area contributed by atoms with Crippen LogP contribution < -0.4 is 21.7 Å². The van der Waals surface area contributed by atoms with Crippen LogP contribution in [-0.2, 0) is 45.8 Å². The van der Waals surface area contributed by atoms with Crippen LogP contribution in [0.2, 0.25) is 0 Å². The van der Waals surface area contributed by atoms with E-state index in [4.69, 9.17) is 34.5 Å². The zero-order chi connectivity index (χ0) is 35.2. The third-order valence-electron chi connectivity index (χ3n) is 7.65. The Morgan fingerprint density at radius 1 is 0.979 bits per heavy atom. The zero-order valence-electron chi connectivity index (χ0n) is 24.5. The van der Waals surface area contributed by atoms with Crippen molar-refractivity contribution in [2.75, 3.05) is 48.9 Å². The van der Waals surface area contributed by atoms with Gasteiger partial charge in [-0.2, -0.15) is 4.31 Å². The first-order chi connectivity index (χ1) is 22.4. The quantitative estimate of drug-likeness (QED) is 0.0690. The standard InChI is InChI=1S/C21H34N7O17P3/c22-17-12-19(25-7-24-17)28(8-26-12)21-16(44-46(33,34)35)14(30)11(43-21)6-41-48(38,39)45-47(36,37)40-5-10-13(29)15(31)20(42-10)27-3-1-2-9(4-27)18(23)32/h1-2,7,9-11,13-16,20-21,26,29-31H,3-6,8H2,(H2,23,32)(H,36,37)(H,38,39)(H2,22,24,25)(H2,33,34,35)/t9-,10-,11-,13-,14-,15-,16-,20-,21-/m1/s1. The molecule has 0 bridgehead atoms. The molecule has 0 spiro atoms. The molecule has 1 amide bonds. The minimum absolute atomic E-state index is 0.0326. The van der Waals surface area contributed by atoms with Gasteiger partial charge in [-0.25, -0.2) is 23.7 Å². The highest BCUT2D eigenvalue weighted by Gasteiger charge is 2.53. The molecule has 27 heteroatoms. The lowest BCUT2D eigenvalue weighted by Gasteiger charge is -2.33. The van der Waals surface area contributed by atoms with Crippen LogP contribution in [0.25, 0.3) is 0 Å². The summed E-state index contributed by atoms with van der Waals surface area (Å²) >= 11 is 0. The summed E-state index contributed by atoms with van der Waals surface area (Å²) < 4.78 is 66.4. The highest BCUT2D eigenvalue weighted by molar-refractivity contribution is 7.61. The lowest BCUT2D eigenvalue weighted by atomic mass is 10.0. The number of fused-ring (bicyclic) bond motifs is 1. The van der Waals surface area contributed by atoms with Gasteiger partial charge in [-0.3, -0.25) is 23.3 Å². The summed E-state index contributed by atoms with van der Waals surface area (Å²) in [5, 5.41) is 34.5. The lowest BCUT2D eigenvalue weighted by Crippen LogP contribution is -2.49. The van der Waals surface area contributed by atoms with Crippen molar-refractivity contribution in [1.82, 2.24) is 14.9 Å². The number of hydrogen-bond donors (Lipinski definition) is 10. The molecule has 11 atom stereocenters. The fourth-order valence-corrected chi connectivity index (χ4v) is 8.06. The van der Waals surface area contributed by atoms with Gasteiger partial charge in [0.15, 0.2) is 17.9 Å². The predicted molar refractivity (Wildman–Crippen MR) is 156 cm³/mol. The zero-order valence-corrected chi connectivity index (χ0v) is 27.1. The molecule has 4 aliphatic rings. The number of hydrogen-bond acceptors (Lipinski definition) is 19. The van der Waals surface area contributed by atoms with E-state index in [2.05, 4.69) is 19.6 Å². The monoisotopic (exact) mass is 749 g/mol. The number of phosphoric ester groups is 3. The highest BCUT2D eigenvalue weighted by Crippen LogP contribution is 2.61. The molecule has 24 nitrogen and oxygen atoms in total. The topological polar surface area (TPSA) is 362 Å². The van der Waals surface area contributed by atoms with E-state index in [0.717, 1.165) is 6.33 Å². The van der Waals surface area contributed by atoms with Crippen molar-refractivity contribution in [3.63, 3.8) is 0 Å². The van der Waals surface area contributed by atoms with Crippen LogP contribution in [0.5, 0.6) is 0 Å². The SMILES string of the molecule is NC(=O)[C@@H]1C=CCN([C@@H]2O[C@H](COP(=O)(O)OP(=O)(O)OC[C@H]3O[C@@H](N4CNc5c(N)ncnc54)[C@H](OP(=O)(O)O)[C@@H]3O)[C@@H](O)[C@H]2O)C1. The number of rotatable bonds is 13. The summed E-state index contributed by atoms with van der Waals surface area (Å²) in [4.78, 5) is 61.2. The van der Waals surface area contributed by atoms with Crippen molar-refractivity contribution in [2.24, 2.45) is 11.7 Å². The van der Waals surface area contributed by atoms with E-state index in [9.17, 15) is 53.4 Å². The molecule has 4 aliphatic heterocycles. The van der Waals surface area contributed by atoms with Gasteiger partial charge in [0.05, 0.1) is 25.8 Å². The number of ether oxygens (including phenoxy) is 2. The first kappa shape index (κ1) is 37.1. The summed E-state index contributed by atoms with van der Waals surface area (Å²) in [6, 6.07) is 0. The van der Waals surface area contributed by atoms with Gasteiger partial charge in [-0.05, 0) is 0 Å². The Kier molecular flexibility index (Phi) is 11.0. The Morgan fingerprint density at radius 2 is 1.60 bits per heavy atom. The number of nitrogen functional groups attached to an aromatic ring is 1. The largest absolute Gasteiger partial charge is 0.481 e. The molecule has 5 rings (SSSR count). The van der Waals surface area contributed by atoms with E-state index in [0.29, 0.717) is 0 Å². The Hall–Kier alpha value is -2.18. The van der Waals surface area contributed by atoms with E-state index in [1.807, 2.05) is 0 Å². The maximum Gasteiger partial charge on any atom is 0.481 e. The number of carbonyl (C=O) groups excluding carboxylic acids is 1. The molecule has 5 heterocycles. The Bertz CT molecular complexity index is 1540. The summed E-state index contributed by atoms with van der Waals surface area (Å²) in [6.07, 6.45) is -8.30. The second kappa shape index (κ2) is 14.2. The van der Waals surface area contributed by atoms with E-state index in [1.54, 1.807) is 12.2 Å². The van der Waals surface area contributed by atoms with Crippen molar-refractivity contribution in [2.45, 2.75) is 49.1 Å². The summed E-state index contributed by atoms with van der Waals surface area (Å²) in [7, 11) is -16.2. The van der Waals surface area contributed by atoms with Gasteiger partial charge in [-0.15, -0.1) is 0 Å².